The van der Waals surface area contributed by atoms with Crippen LogP contribution in [0.5, 0.6) is 5.75 Å². The molecule has 3 rings (SSSR count). The SMILES string of the molecule is CC(C)[C@H](Oc1ccc(CNC(=O)[C@@H]2SCCN2C(=O)C[C@H](N)Cc2cc(F)c(F)cc2F)cc1)C(=O)O.Cl. The third-order valence-electron chi connectivity index (χ3n) is 5.95. The van der Waals surface area contributed by atoms with Crippen LogP contribution in [0.1, 0.15) is 31.4 Å². The van der Waals surface area contributed by atoms with E-state index in [4.69, 9.17) is 10.5 Å². The van der Waals surface area contributed by atoms with E-state index in [1.54, 1.807) is 38.1 Å². The van der Waals surface area contributed by atoms with Gasteiger partial charge in [-0.2, -0.15) is 0 Å². The van der Waals surface area contributed by atoms with E-state index in [1.807, 2.05) is 0 Å². The van der Waals surface area contributed by atoms with E-state index in [2.05, 4.69) is 5.32 Å². The smallest absolute Gasteiger partial charge is 0.345 e. The van der Waals surface area contributed by atoms with Crippen LogP contribution in [0.2, 0.25) is 0 Å². The zero-order chi connectivity index (χ0) is 28.0. The van der Waals surface area contributed by atoms with Crippen molar-refractivity contribution in [1.29, 1.82) is 0 Å². The summed E-state index contributed by atoms with van der Waals surface area (Å²) in [6, 6.07) is 6.97. The molecule has 0 aliphatic carbocycles. The van der Waals surface area contributed by atoms with Crippen molar-refractivity contribution in [1.82, 2.24) is 10.2 Å². The highest BCUT2D eigenvalue weighted by atomic mass is 35.5. The maximum Gasteiger partial charge on any atom is 0.345 e. The van der Waals surface area contributed by atoms with Crippen LogP contribution < -0.4 is 15.8 Å². The minimum absolute atomic E-state index is 0. The molecule has 1 saturated heterocycles. The number of halogens is 4. The summed E-state index contributed by atoms with van der Waals surface area (Å²) in [5.74, 6) is -4.55. The molecule has 2 aromatic rings. The van der Waals surface area contributed by atoms with E-state index in [0.29, 0.717) is 24.1 Å². The molecule has 0 saturated carbocycles. The predicted molar refractivity (Wildman–Crippen MR) is 143 cm³/mol. The molecular weight excluding hydrogens is 559 g/mol. The number of carbonyl (C=O) groups excluding carboxylic acids is 2. The molecule has 0 unspecified atom stereocenters. The molecule has 4 N–H and O–H groups in total. The third-order valence-corrected chi connectivity index (χ3v) is 7.15. The Hall–Kier alpha value is -2.96. The minimum Gasteiger partial charge on any atom is -0.478 e. The number of ether oxygens (including phenoxy) is 1. The van der Waals surface area contributed by atoms with Gasteiger partial charge >= 0.3 is 5.97 Å². The maximum atomic E-state index is 13.9. The number of carbonyl (C=O) groups is 3. The largest absolute Gasteiger partial charge is 0.478 e. The highest BCUT2D eigenvalue weighted by molar-refractivity contribution is 8.00. The molecule has 1 heterocycles. The second-order valence-electron chi connectivity index (χ2n) is 9.32. The molecule has 0 spiro atoms. The maximum absolute atomic E-state index is 13.9. The zero-order valence-corrected chi connectivity index (χ0v) is 23.0. The Morgan fingerprint density at radius 1 is 1.13 bits per heavy atom. The van der Waals surface area contributed by atoms with Gasteiger partial charge in [0.1, 0.15) is 11.6 Å². The number of nitrogens with zero attached hydrogens (tertiary/aromatic N) is 1. The van der Waals surface area contributed by atoms with Gasteiger partial charge in [0, 0.05) is 43.3 Å². The van der Waals surface area contributed by atoms with Crippen molar-refractivity contribution in [2.75, 3.05) is 12.3 Å². The van der Waals surface area contributed by atoms with Crippen molar-refractivity contribution in [2.24, 2.45) is 11.7 Å². The van der Waals surface area contributed by atoms with Crippen LogP contribution in [0.25, 0.3) is 0 Å². The van der Waals surface area contributed by atoms with Crippen LogP contribution in [-0.2, 0) is 27.3 Å². The Balaban J connectivity index is 0.00000533. The van der Waals surface area contributed by atoms with Gasteiger partial charge in [-0.15, -0.1) is 24.2 Å². The number of thioether (sulfide) groups is 1. The first-order valence-electron chi connectivity index (χ1n) is 12.0. The van der Waals surface area contributed by atoms with Gasteiger partial charge in [-0.1, -0.05) is 26.0 Å². The summed E-state index contributed by atoms with van der Waals surface area (Å²) < 4.78 is 46.0. The van der Waals surface area contributed by atoms with Gasteiger partial charge in [0.05, 0.1) is 0 Å². The number of carboxylic acid groups (broad SMARTS) is 1. The average Bonchev–Trinajstić information content (AvgIpc) is 3.35. The summed E-state index contributed by atoms with van der Waals surface area (Å²) in [6.45, 7) is 4.01. The van der Waals surface area contributed by atoms with E-state index in [9.17, 15) is 32.7 Å². The Kier molecular flexibility index (Phi) is 11.9. The quantitative estimate of drug-likeness (QED) is 0.343. The molecule has 2 amide bonds. The lowest BCUT2D eigenvalue weighted by Crippen LogP contribution is -2.46. The summed E-state index contributed by atoms with van der Waals surface area (Å²) in [7, 11) is 0. The number of hydrogen-bond acceptors (Lipinski definition) is 6. The van der Waals surface area contributed by atoms with Gasteiger partial charge in [0.15, 0.2) is 23.1 Å². The topological polar surface area (TPSA) is 122 Å². The predicted octanol–water partition coefficient (Wildman–Crippen LogP) is 3.49. The molecule has 1 fully saturated rings. The molecule has 0 radical (unpaired) electrons. The molecule has 39 heavy (non-hydrogen) atoms. The molecule has 0 bridgehead atoms. The van der Waals surface area contributed by atoms with Crippen molar-refractivity contribution in [3.05, 3.63) is 65.0 Å². The van der Waals surface area contributed by atoms with Crippen LogP contribution in [0.3, 0.4) is 0 Å². The van der Waals surface area contributed by atoms with E-state index >= 15 is 0 Å². The number of nitrogens with two attached hydrogens (primary N) is 1. The molecular formula is C26H31ClF3N3O5S. The number of carboxylic acids is 1. The lowest BCUT2D eigenvalue weighted by molar-refractivity contribution is -0.147. The van der Waals surface area contributed by atoms with Crippen LogP contribution in [0, 0.1) is 23.4 Å². The van der Waals surface area contributed by atoms with Gasteiger partial charge in [0.25, 0.3) is 5.91 Å². The fourth-order valence-electron chi connectivity index (χ4n) is 3.94. The van der Waals surface area contributed by atoms with Gasteiger partial charge in [-0.25, -0.2) is 18.0 Å². The first kappa shape index (κ1) is 32.3. The second-order valence-corrected chi connectivity index (χ2v) is 10.5. The Labute approximate surface area is 234 Å². The van der Waals surface area contributed by atoms with E-state index < -0.39 is 46.8 Å². The number of aliphatic carboxylic acids is 1. The molecule has 0 aromatic heterocycles. The Morgan fingerprint density at radius 2 is 1.77 bits per heavy atom. The lowest BCUT2D eigenvalue weighted by atomic mass is 10.0. The molecule has 214 valence electrons. The van der Waals surface area contributed by atoms with E-state index in [0.717, 1.165) is 11.6 Å². The second kappa shape index (κ2) is 14.4. The standard InChI is InChI=1S/C26H30F3N3O5S.ClH/c1-14(2)23(26(35)36)37-18-5-3-15(4-6-18)13-31-24(34)25-32(7-8-38-25)22(33)11-17(30)9-16-10-20(28)21(29)12-19(16)27;/h3-6,10,12,14,17,23,25H,7-9,11,13,30H2,1-2H3,(H,31,34)(H,35,36);1H/t17-,23+,25+;/m1./s1. The van der Waals surface area contributed by atoms with E-state index in [1.165, 1.54) is 16.7 Å². The highest BCUT2D eigenvalue weighted by Crippen LogP contribution is 2.26. The third kappa shape index (κ3) is 8.77. The van der Waals surface area contributed by atoms with Gasteiger partial charge in [-0.05, 0) is 35.7 Å². The number of amides is 2. The van der Waals surface area contributed by atoms with Gasteiger partial charge < -0.3 is 25.8 Å². The molecule has 2 aromatic carbocycles. The van der Waals surface area contributed by atoms with Crippen LogP contribution in [0.15, 0.2) is 36.4 Å². The van der Waals surface area contributed by atoms with E-state index in [-0.39, 0.29) is 49.2 Å². The van der Waals surface area contributed by atoms with Crippen LogP contribution in [-0.4, -0.2) is 57.6 Å². The fourth-order valence-corrected chi connectivity index (χ4v) is 5.10. The fraction of sp³-hybridized carbons (Fsp3) is 0.423. The molecule has 3 atom stereocenters. The highest BCUT2D eigenvalue weighted by Gasteiger charge is 2.35. The first-order valence-corrected chi connectivity index (χ1v) is 13.1. The summed E-state index contributed by atoms with van der Waals surface area (Å²) in [5, 5.41) is 11.3. The normalized spacial score (nSPS) is 16.4. The Morgan fingerprint density at radius 3 is 2.38 bits per heavy atom. The molecule has 8 nitrogen and oxygen atoms in total. The van der Waals surface area contributed by atoms with Crippen molar-refractivity contribution in [3.63, 3.8) is 0 Å². The van der Waals surface area contributed by atoms with Crippen molar-refractivity contribution in [3.8, 4) is 5.75 Å². The van der Waals surface area contributed by atoms with Crippen molar-refractivity contribution in [2.45, 2.75) is 50.8 Å². The van der Waals surface area contributed by atoms with Crippen molar-refractivity contribution < 1.29 is 37.4 Å². The number of rotatable bonds is 11. The summed E-state index contributed by atoms with van der Waals surface area (Å²) in [6.07, 6.45) is -1.35. The minimum atomic E-state index is -1.30. The Bertz CT molecular complexity index is 1170. The van der Waals surface area contributed by atoms with Gasteiger partial charge in [-0.3, -0.25) is 9.59 Å². The lowest BCUT2D eigenvalue weighted by Gasteiger charge is -2.24. The monoisotopic (exact) mass is 589 g/mol. The molecule has 1 aliphatic rings. The number of benzene rings is 2. The van der Waals surface area contributed by atoms with Crippen LogP contribution in [0.4, 0.5) is 13.2 Å². The zero-order valence-electron chi connectivity index (χ0n) is 21.4. The summed E-state index contributed by atoms with van der Waals surface area (Å²) >= 11 is 1.30. The van der Waals surface area contributed by atoms with Crippen LogP contribution >= 0.6 is 24.2 Å². The number of nitrogens with one attached hydrogen (secondary N) is 1. The molecule has 1 aliphatic heterocycles. The average molecular weight is 590 g/mol. The summed E-state index contributed by atoms with van der Waals surface area (Å²) in [4.78, 5) is 38.4. The first-order chi connectivity index (χ1) is 18.0. The van der Waals surface area contributed by atoms with Gasteiger partial charge in [0.2, 0.25) is 5.91 Å². The molecule has 13 heteroatoms. The summed E-state index contributed by atoms with van der Waals surface area (Å²) in [5.41, 5.74) is 6.60. The number of hydrogen-bond donors (Lipinski definition) is 3. The van der Waals surface area contributed by atoms with Crippen molar-refractivity contribution >= 4 is 42.0 Å².